The molecular weight excluding hydrogens is 238 g/mol. The number of hydrogen-bond donors (Lipinski definition) is 0. The van der Waals surface area contributed by atoms with Crippen LogP contribution in [0.15, 0.2) is 18.2 Å². The number of hydrogen-bond acceptors (Lipinski definition) is 2. The molecule has 1 saturated heterocycles. The number of anilines is 1. The van der Waals surface area contributed by atoms with E-state index in [1.54, 1.807) is 0 Å². The molecule has 1 aromatic carbocycles. The Morgan fingerprint density at radius 2 is 2.31 bits per heavy atom. The number of alkyl halides is 1. The molecule has 1 aromatic rings. The Labute approximate surface area is 107 Å². The Hall–Kier alpha value is -0.340. The third-order valence-corrected chi connectivity index (χ3v) is 4.50. The van der Waals surface area contributed by atoms with Gasteiger partial charge in [0.25, 0.3) is 0 Å². The van der Waals surface area contributed by atoms with Crippen molar-refractivity contribution in [3.8, 4) is 0 Å². The van der Waals surface area contributed by atoms with E-state index in [0.717, 1.165) is 18.3 Å². The lowest BCUT2D eigenvalue weighted by molar-refractivity contribution is 0.782. The van der Waals surface area contributed by atoms with Crippen LogP contribution in [-0.4, -0.2) is 24.1 Å². The lowest BCUT2D eigenvalue weighted by atomic mass is 10.1. The summed E-state index contributed by atoms with van der Waals surface area (Å²) in [6.45, 7) is 6.76. The zero-order valence-electron chi connectivity index (χ0n) is 9.87. The average molecular weight is 256 g/mol. The van der Waals surface area contributed by atoms with Gasteiger partial charge in [0.2, 0.25) is 0 Å². The molecule has 2 rings (SSSR count). The monoisotopic (exact) mass is 255 g/mol. The Kier molecular flexibility index (Phi) is 4.04. The van der Waals surface area contributed by atoms with Gasteiger partial charge in [0.05, 0.1) is 0 Å². The number of halogens is 1. The molecular formula is C13H18ClNS. The third-order valence-electron chi connectivity index (χ3n) is 3.08. The highest BCUT2D eigenvalue weighted by Crippen LogP contribution is 2.25. The van der Waals surface area contributed by atoms with Gasteiger partial charge in [-0.3, -0.25) is 0 Å². The number of nitrogens with zero attached hydrogens (tertiary/aromatic N) is 1. The van der Waals surface area contributed by atoms with Gasteiger partial charge in [-0.25, -0.2) is 0 Å². The zero-order valence-corrected chi connectivity index (χ0v) is 11.4. The first-order valence-corrected chi connectivity index (χ1v) is 7.31. The number of rotatable bonds is 2. The Balaban J connectivity index is 2.17. The molecule has 88 valence electrons. The second-order valence-corrected chi connectivity index (χ2v) is 6.19. The lowest BCUT2D eigenvalue weighted by Crippen LogP contribution is -2.36. The van der Waals surface area contributed by atoms with Crippen LogP contribution in [0.1, 0.15) is 18.1 Å². The predicted molar refractivity (Wildman–Crippen MR) is 74.9 cm³/mol. The Morgan fingerprint density at radius 3 is 2.94 bits per heavy atom. The minimum atomic E-state index is 0.609. The summed E-state index contributed by atoms with van der Waals surface area (Å²) in [5.41, 5.74) is 3.89. The maximum absolute atomic E-state index is 5.88. The van der Waals surface area contributed by atoms with E-state index in [2.05, 4.69) is 48.7 Å². The minimum Gasteiger partial charge on any atom is -0.370 e. The van der Waals surface area contributed by atoms with Crippen molar-refractivity contribution >= 4 is 29.1 Å². The molecule has 1 nitrogen and oxygen atoms in total. The molecule has 0 radical (unpaired) electrons. The normalized spacial score (nSPS) is 21.2. The first-order chi connectivity index (χ1) is 7.70. The summed E-state index contributed by atoms with van der Waals surface area (Å²) in [7, 11) is 0. The number of aryl methyl sites for hydroxylation is 1. The molecule has 1 aliphatic heterocycles. The van der Waals surface area contributed by atoms with Crippen molar-refractivity contribution in [1.82, 2.24) is 0 Å². The van der Waals surface area contributed by atoms with E-state index in [4.69, 9.17) is 11.6 Å². The molecule has 0 spiro atoms. The van der Waals surface area contributed by atoms with Crippen molar-refractivity contribution < 1.29 is 0 Å². The fourth-order valence-corrected chi connectivity index (χ4v) is 3.39. The van der Waals surface area contributed by atoms with Crippen LogP contribution in [0.25, 0.3) is 0 Å². The summed E-state index contributed by atoms with van der Waals surface area (Å²) in [6.07, 6.45) is 0. The van der Waals surface area contributed by atoms with Gasteiger partial charge in [-0.05, 0) is 30.2 Å². The summed E-state index contributed by atoms with van der Waals surface area (Å²) in [4.78, 5) is 2.48. The molecule has 1 heterocycles. The Bertz CT molecular complexity index is 367. The lowest BCUT2D eigenvalue weighted by Gasteiger charge is -2.32. The topological polar surface area (TPSA) is 3.24 Å². The summed E-state index contributed by atoms with van der Waals surface area (Å²) < 4.78 is 0. The largest absolute Gasteiger partial charge is 0.370 e. The van der Waals surface area contributed by atoms with Crippen LogP contribution in [0.4, 0.5) is 5.69 Å². The Morgan fingerprint density at radius 1 is 1.50 bits per heavy atom. The van der Waals surface area contributed by atoms with Gasteiger partial charge in [-0.2, -0.15) is 11.8 Å². The minimum absolute atomic E-state index is 0.609. The predicted octanol–water partition coefficient (Wildman–Crippen LogP) is 3.68. The van der Waals surface area contributed by atoms with Crippen LogP contribution in [0.2, 0.25) is 0 Å². The highest BCUT2D eigenvalue weighted by atomic mass is 35.5. The van der Waals surface area contributed by atoms with E-state index in [1.165, 1.54) is 22.6 Å². The van der Waals surface area contributed by atoms with E-state index < -0.39 is 0 Å². The summed E-state index contributed by atoms with van der Waals surface area (Å²) in [5, 5.41) is 0.738. The van der Waals surface area contributed by atoms with Crippen LogP contribution in [0.5, 0.6) is 0 Å². The molecule has 1 fully saturated rings. The molecule has 0 saturated carbocycles. The molecule has 1 aliphatic rings. The highest BCUT2D eigenvalue weighted by molar-refractivity contribution is 8.00. The molecule has 16 heavy (non-hydrogen) atoms. The fraction of sp³-hybridized carbons (Fsp3) is 0.538. The van der Waals surface area contributed by atoms with Crippen molar-refractivity contribution in [3.05, 3.63) is 29.3 Å². The highest BCUT2D eigenvalue weighted by Gasteiger charge is 2.17. The van der Waals surface area contributed by atoms with Crippen LogP contribution < -0.4 is 4.90 Å². The maximum Gasteiger partial charge on any atom is 0.0476 e. The second kappa shape index (κ2) is 5.33. The maximum atomic E-state index is 5.88. The van der Waals surface area contributed by atoms with Crippen molar-refractivity contribution in [3.63, 3.8) is 0 Å². The first kappa shape index (κ1) is 12.1. The summed E-state index contributed by atoms with van der Waals surface area (Å²) in [6, 6.07) is 6.62. The van der Waals surface area contributed by atoms with Gasteiger partial charge in [0.15, 0.2) is 0 Å². The van der Waals surface area contributed by atoms with Gasteiger partial charge >= 0.3 is 0 Å². The zero-order chi connectivity index (χ0) is 11.5. The van der Waals surface area contributed by atoms with Gasteiger partial charge in [0, 0.05) is 35.7 Å². The average Bonchev–Trinajstić information content (AvgIpc) is 2.29. The van der Waals surface area contributed by atoms with Gasteiger partial charge < -0.3 is 4.90 Å². The molecule has 1 atom stereocenters. The standard InChI is InChI=1S/C13H18ClNS/c1-10-7-13(4-3-12(10)8-14)15-5-6-16-11(2)9-15/h3-4,7,11H,5-6,8-9H2,1-2H3. The van der Waals surface area contributed by atoms with Crippen LogP contribution >= 0.6 is 23.4 Å². The smallest absolute Gasteiger partial charge is 0.0476 e. The molecule has 0 aliphatic carbocycles. The molecule has 0 bridgehead atoms. The van der Waals surface area contributed by atoms with E-state index in [1.807, 2.05) is 0 Å². The van der Waals surface area contributed by atoms with Crippen molar-refractivity contribution in [2.24, 2.45) is 0 Å². The molecule has 0 aromatic heterocycles. The first-order valence-electron chi connectivity index (χ1n) is 5.72. The van der Waals surface area contributed by atoms with Gasteiger partial charge in [0.1, 0.15) is 0 Å². The van der Waals surface area contributed by atoms with Crippen molar-refractivity contribution in [2.45, 2.75) is 25.0 Å². The van der Waals surface area contributed by atoms with E-state index >= 15 is 0 Å². The quantitative estimate of drug-likeness (QED) is 0.742. The van der Waals surface area contributed by atoms with Gasteiger partial charge in [-0.15, -0.1) is 11.6 Å². The summed E-state index contributed by atoms with van der Waals surface area (Å²) >= 11 is 7.94. The van der Waals surface area contributed by atoms with E-state index in [0.29, 0.717) is 5.88 Å². The van der Waals surface area contributed by atoms with Crippen molar-refractivity contribution in [1.29, 1.82) is 0 Å². The van der Waals surface area contributed by atoms with Gasteiger partial charge in [-0.1, -0.05) is 13.0 Å². The summed E-state index contributed by atoms with van der Waals surface area (Å²) in [5.74, 6) is 1.84. The number of benzene rings is 1. The van der Waals surface area contributed by atoms with Crippen LogP contribution in [0.3, 0.4) is 0 Å². The molecule has 0 amide bonds. The SMILES string of the molecule is Cc1cc(N2CCSC(C)C2)ccc1CCl. The molecule has 0 N–H and O–H groups in total. The van der Waals surface area contributed by atoms with E-state index in [9.17, 15) is 0 Å². The second-order valence-electron chi connectivity index (χ2n) is 4.37. The van der Waals surface area contributed by atoms with Crippen molar-refractivity contribution in [2.75, 3.05) is 23.7 Å². The fourth-order valence-electron chi connectivity index (χ4n) is 2.08. The number of thioether (sulfide) groups is 1. The van der Waals surface area contributed by atoms with E-state index in [-0.39, 0.29) is 0 Å². The van der Waals surface area contributed by atoms with Crippen LogP contribution in [-0.2, 0) is 5.88 Å². The molecule has 1 unspecified atom stereocenters. The van der Waals surface area contributed by atoms with Crippen LogP contribution in [0, 0.1) is 6.92 Å². The third kappa shape index (κ3) is 2.67. The molecule has 3 heteroatoms.